The van der Waals surface area contributed by atoms with Crippen LogP contribution in [0, 0.1) is 25.7 Å². The predicted molar refractivity (Wildman–Crippen MR) is 156 cm³/mol. The van der Waals surface area contributed by atoms with Gasteiger partial charge < -0.3 is 4.57 Å². The zero-order valence-electron chi connectivity index (χ0n) is 21.3. The molecule has 8 heteroatoms. The van der Waals surface area contributed by atoms with Crippen LogP contribution in [0.15, 0.2) is 91.0 Å². The summed E-state index contributed by atoms with van der Waals surface area (Å²) in [4.78, 5) is 18.0. The number of carbonyl (C=O) groups is 1. The van der Waals surface area contributed by atoms with Gasteiger partial charge in [-0.05, 0) is 74.0 Å². The highest BCUT2D eigenvalue weighted by Gasteiger charge is 2.24. The maximum atomic E-state index is 13.4. The number of hydrogen-bond acceptors (Lipinski definition) is 3. The van der Waals surface area contributed by atoms with E-state index in [2.05, 4.69) is 16.8 Å². The average molecular weight is 554 g/mol. The second-order valence-corrected chi connectivity index (χ2v) is 10.3. The molecule has 0 fully saturated rings. The topological polar surface area (TPSA) is 75.4 Å². The molecule has 1 atom stereocenters. The molecule has 194 valence electrons. The molecule has 5 aromatic rings. The van der Waals surface area contributed by atoms with E-state index >= 15 is 0 Å². The van der Waals surface area contributed by atoms with Crippen molar-refractivity contribution < 1.29 is 13.6 Å². The quantitative estimate of drug-likeness (QED) is 0.198. The average Bonchev–Trinajstić information content (AvgIpc) is 3.24. The SMILES string of the molecule is Cc1ccc(N(C(=O)c2ccc3nc(C)n(Cc4ccc(C#Cc5ccccc5)cc4Cl)c3c2)S(=O)O)cc1. The molecule has 0 aliphatic carbocycles. The van der Waals surface area contributed by atoms with Gasteiger partial charge >= 0.3 is 0 Å². The van der Waals surface area contributed by atoms with Crippen LogP contribution in [0.1, 0.15) is 38.4 Å². The molecule has 1 aromatic heterocycles. The number of hydrogen-bond donors (Lipinski definition) is 1. The number of imidazole rings is 1. The van der Waals surface area contributed by atoms with Crippen molar-refractivity contribution in [3.05, 3.63) is 130 Å². The first-order valence-corrected chi connectivity index (χ1v) is 13.6. The van der Waals surface area contributed by atoms with Gasteiger partial charge in [0.2, 0.25) is 0 Å². The van der Waals surface area contributed by atoms with E-state index in [9.17, 15) is 13.6 Å². The zero-order chi connectivity index (χ0) is 27.5. The van der Waals surface area contributed by atoms with E-state index in [1.807, 2.05) is 66.9 Å². The van der Waals surface area contributed by atoms with E-state index < -0.39 is 17.2 Å². The second kappa shape index (κ2) is 11.3. The number of fused-ring (bicyclic) bond motifs is 1. The van der Waals surface area contributed by atoms with Gasteiger partial charge in [-0.15, -0.1) is 0 Å². The van der Waals surface area contributed by atoms with Gasteiger partial charge in [0.1, 0.15) is 5.82 Å². The van der Waals surface area contributed by atoms with Crippen molar-refractivity contribution in [2.75, 3.05) is 4.31 Å². The fourth-order valence-electron chi connectivity index (χ4n) is 4.24. The number of aryl methyl sites for hydroxylation is 2. The summed E-state index contributed by atoms with van der Waals surface area (Å²) < 4.78 is 24.9. The van der Waals surface area contributed by atoms with Crippen molar-refractivity contribution in [2.45, 2.75) is 20.4 Å². The van der Waals surface area contributed by atoms with Crippen LogP contribution in [0.25, 0.3) is 11.0 Å². The van der Waals surface area contributed by atoms with Crippen LogP contribution < -0.4 is 4.31 Å². The minimum Gasteiger partial charge on any atom is -0.324 e. The van der Waals surface area contributed by atoms with E-state index in [0.717, 1.165) is 37.9 Å². The van der Waals surface area contributed by atoms with Crippen LogP contribution in [-0.2, 0) is 17.8 Å². The smallest absolute Gasteiger partial charge is 0.272 e. The summed E-state index contributed by atoms with van der Waals surface area (Å²) in [7, 11) is 0. The first-order chi connectivity index (χ1) is 18.8. The Morgan fingerprint density at radius 2 is 1.67 bits per heavy atom. The van der Waals surface area contributed by atoms with Crippen molar-refractivity contribution in [1.82, 2.24) is 9.55 Å². The Balaban J connectivity index is 1.45. The van der Waals surface area contributed by atoms with Crippen molar-refractivity contribution in [3.8, 4) is 11.8 Å². The Morgan fingerprint density at radius 3 is 2.36 bits per heavy atom. The maximum Gasteiger partial charge on any atom is 0.272 e. The van der Waals surface area contributed by atoms with Crippen LogP contribution >= 0.6 is 11.6 Å². The van der Waals surface area contributed by atoms with E-state index in [0.29, 0.717) is 22.8 Å². The van der Waals surface area contributed by atoms with Crippen LogP contribution in [0.4, 0.5) is 5.69 Å². The monoisotopic (exact) mass is 553 g/mol. The molecule has 5 rings (SSSR count). The third kappa shape index (κ3) is 5.79. The minimum absolute atomic E-state index is 0.268. The van der Waals surface area contributed by atoms with Gasteiger partial charge in [0.25, 0.3) is 17.2 Å². The first-order valence-electron chi connectivity index (χ1n) is 12.1. The summed E-state index contributed by atoms with van der Waals surface area (Å²) in [6, 6.07) is 27.3. The van der Waals surface area contributed by atoms with Crippen molar-refractivity contribution in [1.29, 1.82) is 0 Å². The molecule has 1 heterocycles. The van der Waals surface area contributed by atoms with Gasteiger partial charge in [-0.2, -0.15) is 0 Å². The van der Waals surface area contributed by atoms with Crippen LogP contribution in [0.5, 0.6) is 0 Å². The summed E-state index contributed by atoms with van der Waals surface area (Å²) in [6.07, 6.45) is 0. The van der Waals surface area contributed by atoms with Crippen LogP contribution in [-0.4, -0.2) is 24.2 Å². The Hall–Kier alpha value is -4.22. The van der Waals surface area contributed by atoms with Gasteiger partial charge in [-0.3, -0.25) is 9.35 Å². The van der Waals surface area contributed by atoms with E-state index in [-0.39, 0.29) is 5.56 Å². The lowest BCUT2D eigenvalue weighted by Gasteiger charge is -2.18. The molecule has 6 nitrogen and oxygen atoms in total. The van der Waals surface area contributed by atoms with Gasteiger partial charge in [-0.1, -0.05) is 65.4 Å². The predicted octanol–water partition coefficient (Wildman–Crippen LogP) is 6.54. The van der Waals surface area contributed by atoms with Crippen LogP contribution in [0.2, 0.25) is 5.02 Å². The zero-order valence-corrected chi connectivity index (χ0v) is 22.8. The lowest BCUT2D eigenvalue weighted by atomic mass is 10.1. The molecular formula is C31H24ClN3O3S. The second-order valence-electron chi connectivity index (χ2n) is 9.04. The van der Waals surface area contributed by atoms with E-state index in [4.69, 9.17) is 11.6 Å². The Kier molecular flexibility index (Phi) is 7.62. The molecule has 4 aromatic carbocycles. The van der Waals surface area contributed by atoms with E-state index in [1.165, 1.54) is 0 Å². The molecule has 0 radical (unpaired) electrons. The number of nitrogens with zero attached hydrogens (tertiary/aromatic N) is 3. The number of anilines is 1. The maximum absolute atomic E-state index is 13.4. The first kappa shape index (κ1) is 26.4. The Morgan fingerprint density at radius 1 is 0.949 bits per heavy atom. The number of benzene rings is 4. The molecule has 39 heavy (non-hydrogen) atoms. The summed E-state index contributed by atoms with van der Waals surface area (Å²) >= 11 is 4.10. The summed E-state index contributed by atoms with van der Waals surface area (Å²) in [5, 5.41) is 0.574. The molecule has 0 saturated heterocycles. The summed E-state index contributed by atoms with van der Waals surface area (Å²) in [6.45, 7) is 4.22. The number of amides is 1. The highest BCUT2D eigenvalue weighted by Crippen LogP contribution is 2.26. The molecule has 0 spiro atoms. The lowest BCUT2D eigenvalue weighted by Crippen LogP contribution is -2.32. The van der Waals surface area contributed by atoms with Crippen molar-refractivity contribution in [2.24, 2.45) is 0 Å². The number of aromatic nitrogens is 2. The highest BCUT2D eigenvalue weighted by molar-refractivity contribution is 7.81. The standard InChI is InChI=1S/C31H24ClN3O3S/c1-21-8-15-27(16-9-21)35(39(37)38)31(36)25-14-17-29-30(19-25)34(22(2)33-29)20-26-13-12-24(18-28(26)32)11-10-23-6-4-3-5-7-23/h3-9,12-19H,20H2,1-2H3,(H,37,38). The van der Waals surface area contributed by atoms with Crippen LogP contribution in [0.3, 0.4) is 0 Å². The van der Waals surface area contributed by atoms with Gasteiger partial charge in [0, 0.05) is 21.7 Å². The fraction of sp³-hybridized carbons (Fsp3) is 0.0968. The number of halogens is 1. The van der Waals surface area contributed by atoms with Gasteiger partial charge in [0.05, 0.1) is 23.3 Å². The van der Waals surface area contributed by atoms with Gasteiger partial charge in [-0.25, -0.2) is 13.5 Å². The highest BCUT2D eigenvalue weighted by atomic mass is 35.5. The minimum atomic E-state index is -2.54. The van der Waals surface area contributed by atoms with Gasteiger partial charge in [0.15, 0.2) is 0 Å². The Bertz CT molecular complexity index is 1770. The number of carbonyl (C=O) groups excluding carboxylic acids is 1. The molecule has 0 aliphatic rings. The lowest BCUT2D eigenvalue weighted by molar-refractivity contribution is 0.100. The Labute approximate surface area is 234 Å². The molecule has 1 amide bonds. The fourth-order valence-corrected chi connectivity index (χ4v) is 5.03. The molecule has 0 aliphatic heterocycles. The summed E-state index contributed by atoms with van der Waals surface area (Å²) in [5.41, 5.74) is 5.61. The largest absolute Gasteiger partial charge is 0.324 e. The van der Waals surface area contributed by atoms with Crippen molar-refractivity contribution >= 4 is 45.5 Å². The summed E-state index contributed by atoms with van der Waals surface area (Å²) in [5.74, 6) is 6.44. The van der Waals surface area contributed by atoms with Crippen molar-refractivity contribution in [3.63, 3.8) is 0 Å². The molecule has 1 unspecified atom stereocenters. The molecular weight excluding hydrogens is 530 g/mol. The number of rotatable bonds is 5. The van der Waals surface area contributed by atoms with E-state index in [1.54, 1.807) is 42.5 Å². The molecule has 0 saturated carbocycles. The molecule has 0 bridgehead atoms. The molecule has 1 N–H and O–H groups in total. The third-order valence-electron chi connectivity index (χ3n) is 6.30. The normalized spacial score (nSPS) is 11.6. The third-order valence-corrected chi connectivity index (χ3v) is 7.34.